The standard InChI is InChI=1S/C9H7N5O10/c15-8(16)1-2-10(14(23)24)9-6(12(19)20)3-5(11(17)18)4-7(9)13(21)22/h3-4H,1-2H2,(H,15,16). The van der Waals surface area contributed by atoms with E-state index in [0.717, 1.165) is 0 Å². The van der Waals surface area contributed by atoms with Crippen molar-refractivity contribution in [3.63, 3.8) is 0 Å². The van der Waals surface area contributed by atoms with E-state index in [1.165, 1.54) is 0 Å². The fraction of sp³-hybridized carbons (Fsp3) is 0.222. The van der Waals surface area contributed by atoms with Gasteiger partial charge in [-0.25, -0.2) is 10.1 Å². The number of non-ortho nitro benzene ring substituents is 1. The highest BCUT2D eigenvalue weighted by atomic mass is 16.7. The Morgan fingerprint density at radius 3 is 1.71 bits per heavy atom. The summed E-state index contributed by atoms with van der Waals surface area (Å²) in [6.07, 6.45) is -0.855. The van der Waals surface area contributed by atoms with Crippen LogP contribution in [0, 0.1) is 40.5 Å². The van der Waals surface area contributed by atoms with Crippen molar-refractivity contribution in [2.24, 2.45) is 0 Å². The van der Waals surface area contributed by atoms with Gasteiger partial charge in [-0.3, -0.25) is 35.1 Å². The number of hydrogen-bond donors (Lipinski definition) is 1. The molecule has 0 saturated carbocycles. The largest absolute Gasteiger partial charge is 0.481 e. The van der Waals surface area contributed by atoms with Crippen LogP contribution >= 0.6 is 0 Å². The summed E-state index contributed by atoms with van der Waals surface area (Å²) in [5.41, 5.74) is -4.70. The summed E-state index contributed by atoms with van der Waals surface area (Å²) in [5.74, 6) is -1.49. The normalized spacial score (nSPS) is 10.0. The fourth-order valence-corrected chi connectivity index (χ4v) is 1.71. The molecule has 0 radical (unpaired) electrons. The predicted octanol–water partition coefficient (Wildman–Crippen LogP) is 0.884. The minimum Gasteiger partial charge on any atom is -0.481 e. The van der Waals surface area contributed by atoms with Gasteiger partial charge in [0.15, 0.2) is 5.03 Å². The number of rotatable bonds is 8. The molecule has 0 aliphatic heterocycles. The van der Waals surface area contributed by atoms with E-state index in [1.807, 2.05) is 0 Å². The van der Waals surface area contributed by atoms with Gasteiger partial charge < -0.3 is 5.11 Å². The molecule has 0 bridgehead atoms. The molecule has 0 spiro atoms. The van der Waals surface area contributed by atoms with Gasteiger partial charge in [-0.2, -0.15) is 0 Å². The Kier molecular flexibility index (Phi) is 5.22. The smallest absolute Gasteiger partial charge is 0.312 e. The van der Waals surface area contributed by atoms with Crippen LogP contribution < -0.4 is 5.01 Å². The lowest BCUT2D eigenvalue weighted by molar-refractivity contribution is -0.497. The third-order valence-electron chi connectivity index (χ3n) is 2.65. The average Bonchev–Trinajstić information content (AvgIpc) is 2.45. The first-order valence-electron chi connectivity index (χ1n) is 5.81. The molecule has 0 fully saturated rings. The van der Waals surface area contributed by atoms with Crippen LogP contribution in [0.25, 0.3) is 0 Å². The minimum atomic E-state index is -1.49. The van der Waals surface area contributed by atoms with E-state index in [4.69, 9.17) is 5.11 Å². The number of benzene rings is 1. The molecule has 0 amide bonds. The first-order valence-corrected chi connectivity index (χ1v) is 5.81. The van der Waals surface area contributed by atoms with E-state index in [-0.39, 0.29) is 5.01 Å². The number of anilines is 1. The molecule has 1 rings (SSSR count). The van der Waals surface area contributed by atoms with Gasteiger partial charge in [-0.15, -0.1) is 0 Å². The number of carboxylic acids is 1. The monoisotopic (exact) mass is 345 g/mol. The Morgan fingerprint density at radius 1 is 0.958 bits per heavy atom. The Morgan fingerprint density at radius 2 is 1.42 bits per heavy atom. The van der Waals surface area contributed by atoms with Crippen molar-refractivity contribution in [2.75, 3.05) is 11.6 Å². The molecular formula is C9H7N5O10. The van der Waals surface area contributed by atoms with Crippen LogP contribution in [-0.2, 0) is 4.79 Å². The van der Waals surface area contributed by atoms with Crippen LogP contribution in [0.3, 0.4) is 0 Å². The molecule has 1 aromatic carbocycles. The van der Waals surface area contributed by atoms with Gasteiger partial charge in [-0.05, 0) is 0 Å². The van der Waals surface area contributed by atoms with Gasteiger partial charge in [0.1, 0.15) is 0 Å². The summed E-state index contributed by atoms with van der Waals surface area (Å²) in [7, 11) is 0. The van der Waals surface area contributed by atoms with Crippen LogP contribution in [0.1, 0.15) is 6.42 Å². The van der Waals surface area contributed by atoms with E-state index in [2.05, 4.69) is 0 Å². The number of hydrogen-bond acceptors (Lipinski definition) is 9. The molecule has 1 aromatic rings. The van der Waals surface area contributed by atoms with E-state index in [9.17, 15) is 45.3 Å². The summed E-state index contributed by atoms with van der Waals surface area (Å²) in [5, 5.41) is 51.0. The van der Waals surface area contributed by atoms with Crippen LogP contribution in [0.5, 0.6) is 0 Å². The maximum absolute atomic E-state index is 11.0. The molecule has 0 heterocycles. The number of carboxylic acid groups (broad SMARTS) is 1. The van der Waals surface area contributed by atoms with Gasteiger partial charge >= 0.3 is 17.3 Å². The highest BCUT2D eigenvalue weighted by Gasteiger charge is 2.39. The molecule has 24 heavy (non-hydrogen) atoms. The maximum Gasteiger partial charge on any atom is 0.312 e. The minimum absolute atomic E-state index is 0.103. The van der Waals surface area contributed by atoms with E-state index >= 15 is 0 Å². The molecule has 0 aromatic heterocycles. The zero-order valence-electron chi connectivity index (χ0n) is 11.4. The SMILES string of the molecule is O=C(O)CCN(c1c([N+](=O)[O-])cc([N+](=O)[O-])cc1[N+](=O)[O-])[N+](=O)[O-]. The molecule has 128 valence electrons. The summed E-state index contributed by atoms with van der Waals surface area (Å²) in [6.45, 7) is -0.929. The molecular weight excluding hydrogens is 338 g/mol. The second kappa shape index (κ2) is 6.90. The molecule has 0 saturated heterocycles. The molecule has 15 heteroatoms. The predicted molar refractivity (Wildman–Crippen MR) is 73.0 cm³/mol. The first-order chi connectivity index (χ1) is 11.1. The van der Waals surface area contributed by atoms with Gasteiger partial charge in [0, 0.05) is 0 Å². The van der Waals surface area contributed by atoms with Crippen molar-refractivity contribution in [2.45, 2.75) is 6.42 Å². The summed E-state index contributed by atoms with van der Waals surface area (Å²) >= 11 is 0. The second-order valence-electron chi connectivity index (χ2n) is 4.11. The summed E-state index contributed by atoms with van der Waals surface area (Å²) in [6, 6.07) is 0.638. The van der Waals surface area contributed by atoms with Crippen LogP contribution in [0.2, 0.25) is 0 Å². The van der Waals surface area contributed by atoms with Crippen LogP contribution in [0.4, 0.5) is 22.7 Å². The lowest BCUT2D eigenvalue weighted by Crippen LogP contribution is -2.33. The van der Waals surface area contributed by atoms with Crippen molar-refractivity contribution in [1.29, 1.82) is 0 Å². The highest BCUT2D eigenvalue weighted by molar-refractivity contribution is 5.77. The molecule has 0 aliphatic carbocycles. The topological polar surface area (TPSA) is 213 Å². The summed E-state index contributed by atoms with van der Waals surface area (Å²) in [4.78, 5) is 50.7. The third-order valence-corrected chi connectivity index (χ3v) is 2.65. The lowest BCUT2D eigenvalue weighted by atomic mass is 10.2. The Bertz CT molecular complexity index is 711. The second-order valence-corrected chi connectivity index (χ2v) is 4.11. The quantitative estimate of drug-likeness (QED) is 0.515. The lowest BCUT2D eigenvalue weighted by Gasteiger charge is -2.13. The molecule has 0 aliphatic rings. The van der Waals surface area contributed by atoms with E-state index in [0.29, 0.717) is 12.1 Å². The van der Waals surface area contributed by atoms with Crippen molar-refractivity contribution in [1.82, 2.24) is 0 Å². The number of hydrazine groups is 1. The highest BCUT2D eigenvalue weighted by Crippen LogP contribution is 2.41. The van der Waals surface area contributed by atoms with Crippen molar-refractivity contribution in [3.8, 4) is 0 Å². The number of carbonyl (C=O) groups is 1. The molecule has 0 unspecified atom stereocenters. The zero-order chi connectivity index (χ0) is 18.6. The van der Waals surface area contributed by atoms with Crippen LogP contribution in [0.15, 0.2) is 12.1 Å². The number of nitro groups is 4. The first kappa shape index (κ1) is 18.1. The fourth-order valence-electron chi connectivity index (χ4n) is 1.71. The Balaban J connectivity index is 3.70. The van der Waals surface area contributed by atoms with Crippen LogP contribution in [-0.4, -0.2) is 37.4 Å². The molecule has 0 atom stereocenters. The van der Waals surface area contributed by atoms with Crippen molar-refractivity contribution in [3.05, 3.63) is 52.6 Å². The summed E-state index contributed by atoms with van der Waals surface area (Å²) < 4.78 is 0. The van der Waals surface area contributed by atoms with Gasteiger partial charge in [0.25, 0.3) is 11.4 Å². The van der Waals surface area contributed by atoms with E-state index in [1.54, 1.807) is 0 Å². The number of nitrogens with zero attached hydrogens (tertiary/aromatic N) is 5. The Hall–Kier alpha value is -3.91. The zero-order valence-corrected chi connectivity index (χ0v) is 11.4. The Labute approximate surface area is 130 Å². The van der Waals surface area contributed by atoms with Crippen molar-refractivity contribution >= 4 is 28.7 Å². The molecule has 15 nitrogen and oxygen atoms in total. The van der Waals surface area contributed by atoms with Gasteiger partial charge in [0.2, 0.25) is 0 Å². The third kappa shape index (κ3) is 3.84. The van der Waals surface area contributed by atoms with Crippen molar-refractivity contribution < 1.29 is 29.7 Å². The van der Waals surface area contributed by atoms with E-state index < -0.39 is 61.5 Å². The molecule has 1 N–H and O–H groups in total. The maximum atomic E-state index is 11.0. The number of nitro benzene ring substituents is 3. The number of aliphatic carboxylic acids is 1. The average molecular weight is 345 g/mol. The van der Waals surface area contributed by atoms with Gasteiger partial charge in [-0.1, -0.05) is 5.01 Å². The van der Waals surface area contributed by atoms with Gasteiger partial charge in [0.05, 0.1) is 39.9 Å².